The minimum atomic E-state index is -0.509. The maximum Gasteiger partial charge on any atom is 0.274 e. The summed E-state index contributed by atoms with van der Waals surface area (Å²) in [6.45, 7) is 0.642. The van der Waals surface area contributed by atoms with Gasteiger partial charge >= 0.3 is 0 Å². The van der Waals surface area contributed by atoms with E-state index in [2.05, 4.69) is 15.5 Å². The molecule has 1 heterocycles. The van der Waals surface area contributed by atoms with Crippen molar-refractivity contribution in [2.45, 2.75) is 19.3 Å². The molecule has 0 radical (unpaired) electrons. The van der Waals surface area contributed by atoms with Crippen molar-refractivity contribution in [3.8, 4) is 0 Å². The van der Waals surface area contributed by atoms with E-state index < -0.39 is 5.91 Å². The van der Waals surface area contributed by atoms with Crippen LogP contribution in [0.5, 0.6) is 0 Å². The summed E-state index contributed by atoms with van der Waals surface area (Å²) in [6.07, 6.45) is 4.11. The first kappa shape index (κ1) is 19.1. The molecule has 0 fully saturated rings. The first-order valence-electron chi connectivity index (χ1n) is 8.70. The summed E-state index contributed by atoms with van der Waals surface area (Å²) >= 11 is 1.33. The van der Waals surface area contributed by atoms with Crippen molar-refractivity contribution in [2.24, 2.45) is 5.73 Å². The van der Waals surface area contributed by atoms with Crippen LogP contribution in [0.25, 0.3) is 0 Å². The quantitative estimate of drug-likeness (QED) is 0.602. The van der Waals surface area contributed by atoms with Gasteiger partial charge in [-0.2, -0.15) is 5.10 Å². The van der Waals surface area contributed by atoms with Gasteiger partial charge < -0.3 is 11.1 Å². The molecule has 0 saturated heterocycles. The van der Waals surface area contributed by atoms with Gasteiger partial charge in [-0.15, -0.1) is 11.8 Å². The van der Waals surface area contributed by atoms with Gasteiger partial charge in [0.05, 0.1) is 10.5 Å². The zero-order valence-electron chi connectivity index (χ0n) is 14.7. The van der Waals surface area contributed by atoms with E-state index in [4.69, 9.17) is 5.73 Å². The Kier molecular flexibility index (Phi) is 6.20. The molecule has 8 heteroatoms. The van der Waals surface area contributed by atoms with Gasteiger partial charge in [0.25, 0.3) is 5.91 Å². The van der Waals surface area contributed by atoms with Gasteiger partial charge in [0.15, 0.2) is 0 Å². The molecule has 0 saturated carbocycles. The number of carbonyl (C=O) groups is 3. The second-order valence-corrected chi connectivity index (χ2v) is 7.18. The Balaban J connectivity index is 1.75. The van der Waals surface area contributed by atoms with Gasteiger partial charge in [-0.05, 0) is 37.3 Å². The lowest BCUT2D eigenvalue weighted by molar-refractivity contribution is 0.0979. The largest absolute Gasteiger partial charge is 0.330 e. The lowest BCUT2D eigenvalue weighted by Gasteiger charge is -2.12. The normalized spacial score (nSPS) is 13.3. The fourth-order valence-corrected chi connectivity index (χ4v) is 3.70. The highest BCUT2D eigenvalue weighted by atomic mass is 32.2. The van der Waals surface area contributed by atoms with Crippen LogP contribution in [-0.4, -0.2) is 40.0 Å². The van der Waals surface area contributed by atoms with Gasteiger partial charge in [0, 0.05) is 11.8 Å². The lowest BCUT2D eigenvalue weighted by Crippen LogP contribution is -2.20. The first-order chi connectivity index (χ1) is 13.1. The maximum absolute atomic E-state index is 12.8. The number of nitrogens with two attached hydrogens (primary N) is 1. The molecule has 0 aliphatic heterocycles. The van der Waals surface area contributed by atoms with Crippen LogP contribution in [0.2, 0.25) is 0 Å². The Bertz CT molecular complexity index is 890. The van der Waals surface area contributed by atoms with E-state index in [0.717, 1.165) is 19.3 Å². The highest BCUT2D eigenvalue weighted by molar-refractivity contribution is 8.04. The number of hydrogen-bond donors (Lipinski definition) is 3. The number of nitrogens with zero attached hydrogens (tertiary/aromatic N) is 1. The molecule has 1 amide bonds. The Morgan fingerprint density at radius 3 is 2.67 bits per heavy atom. The van der Waals surface area contributed by atoms with E-state index >= 15 is 0 Å². The SMILES string of the molecule is NCCCCCSC1=CC(=O)c2n[nH]c(C(=O)Nc3ccccc3)c2C1=O. The predicted octanol–water partition coefficient (Wildman–Crippen LogP) is 2.79. The van der Waals surface area contributed by atoms with E-state index in [1.807, 2.05) is 6.07 Å². The number of ketones is 2. The van der Waals surface area contributed by atoms with Crippen molar-refractivity contribution in [1.29, 1.82) is 0 Å². The van der Waals surface area contributed by atoms with Crippen LogP contribution in [0.3, 0.4) is 0 Å². The van der Waals surface area contributed by atoms with Crippen LogP contribution in [0.15, 0.2) is 41.3 Å². The minimum absolute atomic E-state index is 0.00142. The number of thioether (sulfide) groups is 1. The highest BCUT2D eigenvalue weighted by Gasteiger charge is 2.33. The Hall–Kier alpha value is -2.71. The van der Waals surface area contributed by atoms with Gasteiger partial charge in [0.1, 0.15) is 11.4 Å². The molecule has 0 unspecified atom stereocenters. The van der Waals surface area contributed by atoms with Crippen molar-refractivity contribution in [1.82, 2.24) is 10.2 Å². The van der Waals surface area contributed by atoms with Crippen LogP contribution in [0, 0.1) is 0 Å². The zero-order chi connectivity index (χ0) is 19.2. The molecule has 4 N–H and O–H groups in total. The monoisotopic (exact) mass is 384 g/mol. The number of unbranched alkanes of at least 4 members (excludes halogenated alkanes) is 2. The second kappa shape index (κ2) is 8.79. The van der Waals surface area contributed by atoms with Crippen LogP contribution in [0.1, 0.15) is 50.6 Å². The van der Waals surface area contributed by atoms with E-state index in [0.29, 0.717) is 22.9 Å². The van der Waals surface area contributed by atoms with Crippen molar-refractivity contribution in [2.75, 3.05) is 17.6 Å². The van der Waals surface area contributed by atoms with Crippen LogP contribution in [-0.2, 0) is 0 Å². The summed E-state index contributed by atoms with van der Waals surface area (Å²) < 4.78 is 0. The standard InChI is InChI=1S/C19H20N4O3S/c20-9-5-2-6-10-27-14-11-13(24)16-15(18(14)25)17(23-22-16)19(26)21-12-7-3-1-4-8-12/h1,3-4,7-8,11H,2,5-6,9-10,20H2,(H,21,26)(H,22,23). The molecule has 3 rings (SSSR count). The van der Waals surface area contributed by atoms with Crippen molar-refractivity contribution >= 4 is 34.9 Å². The third-order valence-corrected chi connectivity index (χ3v) is 5.18. The van der Waals surface area contributed by atoms with Crippen molar-refractivity contribution in [3.05, 3.63) is 58.3 Å². The topological polar surface area (TPSA) is 118 Å². The van der Waals surface area contributed by atoms with E-state index in [1.54, 1.807) is 24.3 Å². The van der Waals surface area contributed by atoms with Crippen LogP contribution >= 0.6 is 11.8 Å². The van der Waals surface area contributed by atoms with Crippen molar-refractivity contribution < 1.29 is 14.4 Å². The third-order valence-electron chi connectivity index (χ3n) is 4.08. The number of anilines is 1. The number of para-hydroxylation sites is 1. The van der Waals surface area contributed by atoms with Crippen molar-refractivity contribution in [3.63, 3.8) is 0 Å². The minimum Gasteiger partial charge on any atom is -0.330 e. The lowest BCUT2D eigenvalue weighted by atomic mass is 9.99. The Labute approximate surface area is 160 Å². The van der Waals surface area contributed by atoms with E-state index in [-0.39, 0.29) is 28.5 Å². The molecular formula is C19H20N4O3S. The van der Waals surface area contributed by atoms with Crippen LogP contribution < -0.4 is 11.1 Å². The fraction of sp³-hybridized carbons (Fsp3) is 0.263. The molecule has 1 aromatic heterocycles. The smallest absolute Gasteiger partial charge is 0.274 e. The van der Waals surface area contributed by atoms with Gasteiger partial charge in [-0.3, -0.25) is 19.5 Å². The van der Waals surface area contributed by atoms with Gasteiger partial charge in [0.2, 0.25) is 11.6 Å². The molecule has 27 heavy (non-hydrogen) atoms. The number of carbonyl (C=O) groups excluding carboxylic acids is 3. The highest BCUT2D eigenvalue weighted by Crippen LogP contribution is 2.30. The summed E-state index contributed by atoms with van der Waals surface area (Å²) in [6, 6.07) is 8.87. The summed E-state index contributed by atoms with van der Waals surface area (Å²) in [4.78, 5) is 38.0. The number of H-pyrrole nitrogens is 1. The van der Waals surface area contributed by atoms with Gasteiger partial charge in [-0.25, -0.2) is 0 Å². The summed E-state index contributed by atoms with van der Waals surface area (Å²) in [5, 5.41) is 9.12. The third kappa shape index (κ3) is 4.35. The number of nitrogens with one attached hydrogen (secondary N) is 2. The number of Topliss-reactive ketones (excluding diaryl/α,β-unsaturated/α-hetero) is 1. The molecule has 2 aromatic rings. The molecule has 0 atom stereocenters. The Morgan fingerprint density at radius 1 is 1.15 bits per heavy atom. The maximum atomic E-state index is 12.8. The van der Waals surface area contributed by atoms with Gasteiger partial charge in [-0.1, -0.05) is 24.6 Å². The molecule has 140 valence electrons. The fourth-order valence-electron chi connectivity index (χ4n) is 2.71. The second-order valence-electron chi connectivity index (χ2n) is 6.04. The molecule has 7 nitrogen and oxygen atoms in total. The Morgan fingerprint density at radius 2 is 1.93 bits per heavy atom. The summed E-state index contributed by atoms with van der Waals surface area (Å²) in [5.41, 5.74) is 6.09. The number of hydrogen-bond acceptors (Lipinski definition) is 6. The average Bonchev–Trinajstić information content (AvgIpc) is 3.12. The molecule has 1 aromatic carbocycles. The first-order valence-corrected chi connectivity index (χ1v) is 9.68. The molecule has 0 bridgehead atoms. The summed E-state index contributed by atoms with van der Waals surface area (Å²) in [7, 11) is 0. The molecular weight excluding hydrogens is 364 g/mol. The predicted molar refractivity (Wildman–Crippen MR) is 105 cm³/mol. The number of amides is 1. The van der Waals surface area contributed by atoms with E-state index in [9.17, 15) is 14.4 Å². The molecule has 1 aliphatic rings. The number of rotatable bonds is 8. The number of benzene rings is 1. The molecule has 0 spiro atoms. The number of aromatic amines is 1. The number of aromatic nitrogens is 2. The molecule has 1 aliphatic carbocycles. The summed E-state index contributed by atoms with van der Waals surface area (Å²) in [5.74, 6) is -0.515. The zero-order valence-corrected chi connectivity index (χ0v) is 15.5. The number of allylic oxidation sites excluding steroid dienone is 2. The van der Waals surface area contributed by atoms with Crippen LogP contribution in [0.4, 0.5) is 5.69 Å². The number of fused-ring (bicyclic) bond motifs is 1. The average molecular weight is 384 g/mol. The van der Waals surface area contributed by atoms with E-state index in [1.165, 1.54) is 17.8 Å².